The molecule has 2 aliphatic rings. The van der Waals surface area contributed by atoms with Gasteiger partial charge in [0.2, 0.25) is 0 Å². The largest absolute Gasteiger partial charge is 0.339 e. The second-order valence-electron chi connectivity index (χ2n) is 7.33. The number of hydrogen-bond donors (Lipinski definition) is 1. The third kappa shape index (κ3) is 3.33. The van der Waals surface area contributed by atoms with Crippen LogP contribution in [0.5, 0.6) is 0 Å². The number of benzene rings is 1. The Morgan fingerprint density at radius 1 is 1.16 bits per heavy atom. The summed E-state index contributed by atoms with van der Waals surface area (Å²) < 4.78 is 1.93. The number of hydrogen-bond acceptors (Lipinski definition) is 3. The van der Waals surface area contributed by atoms with Gasteiger partial charge in [0.1, 0.15) is 0 Å². The number of amides is 1. The first-order valence-corrected chi connectivity index (χ1v) is 9.28. The normalized spacial score (nSPS) is 23.3. The van der Waals surface area contributed by atoms with Crippen LogP contribution >= 0.6 is 0 Å². The predicted molar refractivity (Wildman–Crippen MR) is 97.5 cm³/mol. The maximum atomic E-state index is 13.0. The molecule has 2 aromatic rings. The molecule has 0 unspecified atom stereocenters. The molecule has 1 aromatic carbocycles. The summed E-state index contributed by atoms with van der Waals surface area (Å²) in [5.41, 5.74) is 2.91. The van der Waals surface area contributed by atoms with Crippen molar-refractivity contribution in [2.75, 3.05) is 26.2 Å². The second kappa shape index (κ2) is 7.00. The van der Waals surface area contributed by atoms with E-state index in [1.54, 1.807) is 6.20 Å². The van der Waals surface area contributed by atoms with E-state index in [1.165, 1.54) is 5.56 Å². The lowest BCUT2D eigenvalue weighted by Gasteiger charge is -2.20. The van der Waals surface area contributed by atoms with E-state index in [9.17, 15) is 4.79 Å². The van der Waals surface area contributed by atoms with Crippen molar-refractivity contribution < 1.29 is 4.79 Å². The molecule has 1 amide bonds. The monoisotopic (exact) mass is 338 g/mol. The van der Waals surface area contributed by atoms with Gasteiger partial charge in [-0.25, -0.2) is 0 Å². The molecule has 3 heterocycles. The van der Waals surface area contributed by atoms with Gasteiger partial charge in [0.05, 0.1) is 18.3 Å². The molecule has 1 aromatic heterocycles. The van der Waals surface area contributed by atoms with Crippen LogP contribution in [0.25, 0.3) is 0 Å². The van der Waals surface area contributed by atoms with Crippen molar-refractivity contribution >= 4 is 5.91 Å². The summed E-state index contributed by atoms with van der Waals surface area (Å²) in [6.45, 7) is 6.66. The Morgan fingerprint density at radius 3 is 2.52 bits per heavy atom. The van der Waals surface area contributed by atoms with Gasteiger partial charge in [-0.05, 0) is 50.3 Å². The first-order valence-electron chi connectivity index (χ1n) is 9.28. The Hall–Kier alpha value is -2.14. The Bertz CT molecular complexity index is 725. The number of rotatable bonds is 3. The van der Waals surface area contributed by atoms with E-state index in [0.717, 1.165) is 62.1 Å². The van der Waals surface area contributed by atoms with Crippen molar-refractivity contribution in [2.24, 2.45) is 11.8 Å². The Kier molecular flexibility index (Phi) is 4.57. The summed E-state index contributed by atoms with van der Waals surface area (Å²) in [6, 6.07) is 10.2. The molecule has 0 spiro atoms. The Morgan fingerprint density at radius 2 is 1.84 bits per heavy atom. The molecule has 25 heavy (non-hydrogen) atoms. The third-order valence-electron chi connectivity index (χ3n) is 5.82. The van der Waals surface area contributed by atoms with Crippen molar-refractivity contribution in [1.29, 1.82) is 0 Å². The summed E-state index contributed by atoms with van der Waals surface area (Å²) in [5.74, 6) is 1.61. The Labute approximate surface area is 149 Å². The molecule has 4 rings (SSSR count). The SMILES string of the molecule is Cc1c(C(=O)N2CC[C@@H]3CNC[C@@H]3CC2)cnn1Cc1ccccc1. The van der Waals surface area contributed by atoms with Crippen LogP contribution in [0, 0.1) is 18.8 Å². The highest BCUT2D eigenvalue weighted by atomic mass is 16.2. The van der Waals surface area contributed by atoms with Crippen LogP contribution in [0.1, 0.15) is 34.5 Å². The van der Waals surface area contributed by atoms with Crippen LogP contribution in [0.15, 0.2) is 36.5 Å². The molecule has 0 aliphatic carbocycles. The van der Waals surface area contributed by atoms with E-state index in [0.29, 0.717) is 6.54 Å². The van der Waals surface area contributed by atoms with E-state index in [4.69, 9.17) is 0 Å². The molecule has 132 valence electrons. The van der Waals surface area contributed by atoms with Gasteiger partial charge < -0.3 is 10.2 Å². The number of likely N-dealkylation sites (tertiary alicyclic amines) is 1. The summed E-state index contributed by atoms with van der Waals surface area (Å²) in [6.07, 6.45) is 3.97. The van der Waals surface area contributed by atoms with Gasteiger partial charge in [0, 0.05) is 18.8 Å². The zero-order chi connectivity index (χ0) is 17.2. The maximum absolute atomic E-state index is 13.0. The molecular weight excluding hydrogens is 312 g/mol. The first kappa shape index (κ1) is 16.3. The molecule has 5 nitrogen and oxygen atoms in total. The number of fused-ring (bicyclic) bond motifs is 1. The molecule has 2 atom stereocenters. The van der Waals surface area contributed by atoms with Crippen LogP contribution in [-0.2, 0) is 6.54 Å². The first-order chi connectivity index (χ1) is 12.2. The second-order valence-corrected chi connectivity index (χ2v) is 7.33. The molecule has 2 aliphatic heterocycles. The predicted octanol–water partition coefficient (Wildman–Crippen LogP) is 2.31. The zero-order valence-corrected chi connectivity index (χ0v) is 14.8. The fourth-order valence-electron chi connectivity index (χ4n) is 4.16. The van der Waals surface area contributed by atoms with Gasteiger partial charge in [-0.15, -0.1) is 0 Å². The van der Waals surface area contributed by atoms with Gasteiger partial charge in [0.15, 0.2) is 0 Å². The van der Waals surface area contributed by atoms with Crippen molar-refractivity contribution in [3.8, 4) is 0 Å². The Balaban J connectivity index is 1.47. The summed E-state index contributed by atoms with van der Waals surface area (Å²) in [7, 11) is 0. The lowest BCUT2D eigenvalue weighted by atomic mass is 9.92. The number of nitrogens with one attached hydrogen (secondary N) is 1. The highest BCUT2D eigenvalue weighted by Crippen LogP contribution is 2.28. The molecule has 1 N–H and O–H groups in total. The lowest BCUT2D eigenvalue weighted by Crippen LogP contribution is -2.33. The van der Waals surface area contributed by atoms with E-state index < -0.39 is 0 Å². The van der Waals surface area contributed by atoms with Gasteiger partial charge in [0.25, 0.3) is 5.91 Å². The van der Waals surface area contributed by atoms with Crippen molar-refractivity contribution in [3.05, 3.63) is 53.3 Å². The van der Waals surface area contributed by atoms with Gasteiger partial charge >= 0.3 is 0 Å². The molecule has 0 radical (unpaired) electrons. The standard InChI is InChI=1S/C20H26N4O/c1-15-19(13-22-24(15)14-16-5-3-2-4-6-16)20(25)23-9-7-17-11-21-12-18(17)8-10-23/h2-6,13,17-18,21H,7-12,14H2,1H3/t17-,18+. The lowest BCUT2D eigenvalue weighted by molar-refractivity contribution is 0.0757. The van der Waals surface area contributed by atoms with Crippen molar-refractivity contribution in [2.45, 2.75) is 26.3 Å². The van der Waals surface area contributed by atoms with Crippen LogP contribution < -0.4 is 5.32 Å². The average Bonchev–Trinajstić information content (AvgIpc) is 3.17. The quantitative estimate of drug-likeness (QED) is 0.934. The highest BCUT2D eigenvalue weighted by Gasteiger charge is 2.32. The summed E-state index contributed by atoms with van der Waals surface area (Å²) >= 11 is 0. The number of carbonyl (C=O) groups excluding carboxylic acids is 1. The maximum Gasteiger partial charge on any atom is 0.257 e. The van der Waals surface area contributed by atoms with Gasteiger partial charge in [-0.2, -0.15) is 5.10 Å². The topological polar surface area (TPSA) is 50.2 Å². The molecule has 2 saturated heterocycles. The van der Waals surface area contributed by atoms with Crippen molar-refractivity contribution in [1.82, 2.24) is 20.0 Å². The van der Waals surface area contributed by atoms with Crippen LogP contribution in [0.3, 0.4) is 0 Å². The minimum atomic E-state index is 0.143. The van der Waals surface area contributed by atoms with Gasteiger partial charge in [-0.1, -0.05) is 30.3 Å². The van der Waals surface area contributed by atoms with Crippen LogP contribution in [0.2, 0.25) is 0 Å². The molecular formula is C20H26N4O. The zero-order valence-electron chi connectivity index (χ0n) is 14.8. The third-order valence-corrected chi connectivity index (χ3v) is 5.82. The molecule has 2 fully saturated rings. The van der Waals surface area contributed by atoms with Crippen molar-refractivity contribution in [3.63, 3.8) is 0 Å². The van der Waals surface area contributed by atoms with Crippen LogP contribution in [0.4, 0.5) is 0 Å². The fourth-order valence-corrected chi connectivity index (χ4v) is 4.16. The number of aromatic nitrogens is 2. The van der Waals surface area contributed by atoms with E-state index >= 15 is 0 Å². The number of carbonyl (C=O) groups is 1. The average molecular weight is 338 g/mol. The summed E-state index contributed by atoms with van der Waals surface area (Å²) in [4.78, 5) is 15.1. The number of nitrogens with zero attached hydrogens (tertiary/aromatic N) is 3. The molecule has 0 bridgehead atoms. The van der Waals surface area contributed by atoms with E-state index in [1.807, 2.05) is 34.7 Å². The minimum Gasteiger partial charge on any atom is -0.339 e. The highest BCUT2D eigenvalue weighted by molar-refractivity contribution is 5.95. The smallest absolute Gasteiger partial charge is 0.257 e. The van der Waals surface area contributed by atoms with E-state index in [-0.39, 0.29) is 5.91 Å². The fraction of sp³-hybridized carbons (Fsp3) is 0.500. The summed E-state index contributed by atoms with van der Waals surface area (Å²) in [5, 5.41) is 7.95. The van der Waals surface area contributed by atoms with Gasteiger partial charge in [-0.3, -0.25) is 9.48 Å². The van der Waals surface area contributed by atoms with E-state index in [2.05, 4.69) is 22.5 Å². The van der Waals surface area contributed by atoms with Crippen LogP contribution in [-0.4, -0.2) is 46.8 Å². The molecule has 0 saturated carbocycles. The minimum absolute atomic E-state index is 0.143. The molecule has 5 heteroatoms.